The molecule has 2 nitrogen and oxygen atoms in total. The fourth-order valence-electron chi connectivity index (χ4n) is 0.166. The molecule has 0 radical (unpaired) electrons. The highest BCUT2D eigenvalue weighted by Gasteiger charge is 2.02. The molecule has 0 aromatic heterocycles. The second-order valence-corrected chi connectivity index (χ2v) is 2.25. The standard InChI is InChI=1S/C4H9NOS/c1-3(6)4(5)7-2/h4H,5H2,1-2H3/t4-/m0/s1. The number of nitrogens with two attached hydrogens (primary N) is 1. The molecule has 2 N–H and O–H groups in total. The number of rotatable bonds is 2. The number of Topliss-reactive ketones (excluding diaryl/α,β-unsaturated/α-hetero) is 1. The molecule has 1 atom stereocenters. The smallest absolute Gasteiger partial charge is 0.156 e. The second-order valence-electron chi connectivity index (χ2n) is 1.27. The highest BCUT2D eigenvalue weighted by molar-refractivity contribution is 7.99. The number of carbonyl (C=O) groups excluding carboxylic acids is 1. The van der Waals surface area contributed by atoms with Gasteiger partial charge in [-0.25, -0.2) is 0 Å². The zero-order chi connectivity index (χ0) is 5.86. The topological polar surface area (TPSA) is 43.1 Å². The van der Waals surface area contributed by atoms with Gasteiger partial charge in [0.1, 0.15) is 5.37 Å². The molecular weight excluding hydrogens is 110 g/mol. The fourth-order valence-corrected chi connectivity index (χ4v) is 0.498. The number of thioether (sulfide) groups is 1. The van der Waals surface area contributed by atoms with Crippen molar-refractivity contribution in [2.24, 2.45) is 5.73 Å². The summed E-state index contributed by atoms with van der Waals surface area (Å²) in [6.07, 6.45) is 1.81. The van der Waals surface area contributed by atoms with Crippen LogP contribution in [0, 0.1) is 0 Å². The SMILES string of the molecule is CS[C@H](N)C(C)=O. The van der Waals surface area contributed by atoms with Gasteiger partial charge in [0.05, 0.1) is 0 Å². The molecule has 7 heavy (non-hydrogen) atoms. The minimum Gasteiger partial charge on any atom is -0.313 e. The summed E-state index contributed by atoms with van der Waals surface area (Å²) in [6.45, 7) is 1.49. The summed E-state index contributed by atoms with van der Waals surface area (Å²) in [5.41, 5.74) is 5.23. The van der Waals surface area contributed by atoms with Gasteiger partial charge in [-0.15, -0.1) is 11.8 Å². The van der Waals surface area contributed by atoms with Crippen molar-refractivity contribution < 1.29 is 4.79 Å². The zero-order valence-electron chi connectivity index (χ0n) is 4.47. The molecule has 0 fully saturated rings. The Bertz CT molecular complexity index is 74.1. The average molecular weight is 119 g/mol. The Morgan fingerprint density at radius 1 is 1.86 bits per heavy atom. The first-order valence-electron chi connectivity index (χ1n) is 1.97. The van der Waals surface area contributed by atoms with Crippen molar-refractivity contribution in [3.8, 4) is 0 Å². The van der Waals surface area contributed by atoms with E-state index in [1.54, 1.807) is 0 Å². The quantitative estimate of drug-likeness (QED) is 0.529. The van der Waals surface area contributed by atoms with Crippen LogP contribution in [0.2, 0.25) is 0 Å². The number of hydrogen-bond acceptors (Lipinski definition) is 3. The van der Waals surface area contributed by atoms with Crippen molar-refractivity contribution in [1.82, 2.24) is 0 Å². The van der Waals surface area contributed by atoms with Crippen LogP contribution in [0.3, 0.4) is 0 Å². The van der Waals surface area contributed by atoms with Crippen molar-refractivity contribution >= 4 is 17.5 Å². The molecule has 0 heterocycles. The molecule has 0 saturated heterocycles. The van der Waals surface area contributed by atoms with E-state index in [0.29, 0.717) is 0 Å². The molecule has 0 aromatic rings. The molecule has 0 rings (SSSR count). The van der Waals surface area contributed by atoms with Crippen LogP contribution < -0.4 is 5.73 Å². The first kappa shape index (κ1) is 6.98. The highest BCUT2D eigenvalue weighted by Crippen LogP contribution is 1.97. The maximum absolute atomic E-state index is 10.2. The summed E-state index contributed by atoms with van der Waals surface area (Å²) >= 11 is 1.36. The molecule has 0 bridgehead atoms. The van der Waals surface area contributed by atoms with Gasteiger partial charge in [-0.2, -0.15) is 0 Å². The molecule has 0 aromatic carbocycles. The van der Waals surface area contributed by atoms with E-state index in [9.17, 15) is 4.79 Å². The van der Waals surface area contributed by atoms with E-state index in [2.05, 4.69) is 0 Å². The van der Waals surface area contributed by atoms with Crippen LogP contribution in [-0.2, 0) is 4.79 Å². The van der Waals surface area contributed by atoms with E-state index >= 15 is 0 Å². The Balaban J connectivity index is 3.34. The summed E-state index contributed by atoms with van der Waals surface area (Å²) in [7, 11) is 0. The normalized spacial score (nSPS) is 13.6. The Morgan fingerprint density at radius 2 is 2.29 bits per heavy atom. The predicted octanol–water partition coefficient (Wildman–Crippen LogP) is 0.223. The van der Waals surface area contributed by atoms with E-state index in [-0.39, 0.29) is 11.2 Å². The Hall–Kier alpha value is -0.0200. The molecule has 42 valence electrons. The third-order valence-electron chi connectivity index (χ3n) is 0.655. The summed E-state index contributed by atoms with van der Waals surface area (Å²) in [6, 6.07) is 0. The summed E-state index contributed by atoms with van der Waals surface area (Å²) in [5, 5.41) is -0.319. The van der Waals surface area contributed by atoms with Crippen LogP contribution in [-0.4, -0.2) is 17.4 Å². The summed E-state index contributed by atoms with van der Waals surface area (Å²) < 4.78 is 0. The van der Waals surface area contributed by atoms with Gasteiger partial charge in [0.2, 0.25) is 0 Å². The van der Waals surface area contributed by atoms with Gasteiger partial charge in [-0.05, 0) is 13.2 Å². The second kappa shape index (κ2) is 3.04. The van der Waals surface area contributed by atoms with Gasteiger partial charge in [0, 0.05) is 0 Å². The van der Waals surface area contributed by atoms with Crippen LogP contribution in [0.4, 0.5) is 0 Å². The Morgan fingerprint density at radius 3 is 2.29 bits per heavy atom. The third-order valence-corrected chi connectivity index (χ3v) is 1.49. The van der Waals surface area contributed by atoms with Crippen LogP contribution in [0.15, 0.2) is 0 Å². The lowest BCUT2D eigenvalue weighted by atomic mass is 10.5. The summed E-state index contributed by atoms with van der Waals surface area (Å²) in [5.74, 6) is 0.0347. The maximum Gasteiger partial charge on any atom is 0.156 e. The molecule has 0 unspecified atom stereocenters. The molecule has 0 aliphatic rings. The van der Waals surface area contributed by atoms with Crippen LogP contribution in [0.1, 0.15) is 6.92 Å². The van der Waals surface area contributed by atoms with E-state index in [1.165, 1.54) is 18.7 Å². The van der Waals surface area contributed by atoms with Gasteiger partial charge in [-0.1, -0.05) is 0 Å². The maximum atomic E-state index is 10.2. The lowest BCUT2D eigenvalue weighted by molar-refractivity contribution is -0.116. The molecule has 3 heteroatoms. The number of hydrogen-bond donors (Lipinski definition) is 1. The van der Waals surface area contributed by atoms with Gasteiger partial charge in [-0.3, -0.25) is 4.79 Å². The molecule has 0 amide bonds. The van der Waals surface area contributed by atoms with Gasteiger partial charge in [0.25, 0.3) is 0 Å². The monoisotopic (exact) mass is 119 g/mol. The first-order valence-corrected chi connectivity index (χ1v) is 3.26. The largest absolute Gasteiger partial charge is 0.313 e. The minimum absolute atomic E-state index is 0.0347. The van der Waals surface area contributed by atoms with Gasteiger partial charge >= 0.3 is 0 Å². The molecule has 0 aliphatic heterocycles. The van der Waals surface area contributed by atoms with E-state index in [0.717, 1.165) is 0 Å². The van der Waals surface area contributed by atoms with E-state index < -0.39 is 0 Å². The lowest BCUT2D eigenvalue weighted by Gasteiger charge is -1.98. The molecule has 0 spiro atoms. The minimum atomic E-state index is -0.319. The predicted molar refractivity (Wildman–Crippen MR) is 32.2 cm³/mol. The molecular formula is C4H9NOS. The first-order chi connectivity index (χ1) is 3.18. The van der Waals surface area contributed by atoms with Crippen molar-refractivity contribution in [2.45, 2.75) is 12.3 Å². The highest BCUT2D eigenvalue weighted by atomic mass is 32.2. The van der Waals surface area contributed by atoms with Crippen molar-refractivity contribution in [3.05, 3.63) is 0 Å². The molecule has 0 aliphatic carbocycles. The Labute approximate surface area is 47.5 Å². The zero-order valence-corrected chi connectivity index (χ0v) is 5.29. The molecule has 0 saturated carbocycles. The van der Waals surface area contributed by atoms with Crippen molar-refractivity contribution in [1.29, 1.82) is 0 Å². The van der Waals surface area contributed by atoms with Crippen LogP contribution >= 0.6 is 11.8 Å². The van der Waals surface area contributed by atoms with Crippen molar-refractivity contribution in [3.63, 3.8) is 0 Å². The lowest BCUT2D eigenvalue weighted by Crippen LogP contribution is -2.23. The third kappa shape index (κ3) is 2.65. The van der Waals surface area contributed by atoms with Gasteiger partial charge < -0.3 is 5.73 Å². The van der Waals surface area contributed by atoms with Crippen molar-refractivity contribution in [2.75, 3.05) is 6.26 Å². The number of ketones is 1. The van der Waals surface area contributed by atoms with Crippen LogP contribution in [0.25, 0.3) is 0 Å². The van der Waals surface area contributed by atoms with E-state index in [4.69, 9.17) is 5.73 Å². The van der Waals surface area contributed by atoms with Gasteiger partial charge in [0.15, 0.2) is 5.78 Å². The fraction of sp³-hybridized carbons (Fsp3) is 0.750. The summed E-state index contributed by atoms with van der Waals surface area (Å²) in [4.78, 5) is 10.2. The Kier molecular flexibility index (Phi) is 3.04. The van der Waals surface area contributed by atoms with E-state index in [1.807, 2.05) is 6.26 Å². The van der Waals surface area contributed by atoms with Crippen LogP contribution in [0.5, 0.6) is 0 Å². The number of carbonyl (C=O) groups is 1. The average Bonchev–Trinajstić information content (AvgIpc) is 1.65.